The first-order chi connectivity index (χ1) is 11.7. The minimum Gasteiger partial charge on any atom is -0.493 e. The molecule has 3 N–H and O–H groups in total. The molecule has 6 nitrogen and oxygen atoms in total. The van der Waals surface area contributed by atoms with Crippen molar-refractivity contribution in [2.75, 3.05) is 6.61 Å². The first-order valence-electron chi connectivity index (χ1n) is 8.01. The molecule has 0 radical (unpaired) electrons. The van der Waals surface area contributed by atoms with Crippen molar-refractivity contribution in [2.24, 2.45) is 5.73 Å². The van der Waals surface area contributed by atoms with Gasteiger partial charge in [-0.15, -0.1) is 5.10 Å². The number of para-hydroxylation sites is 1. The average Bonchev–Trinajstić information content (AvgIpc) is 2.95. The summed E-state index contributed by atoms with van der Waals surface area (Å²) in [5.74, 6) is 0.905. The molecule has 0 amide bonds. The number of rotatable bonds is 5. The number of aryl methyl sites for hydroxylation is 1. The Labute approximate surface area is 140 Å². The maximum Gasteiger partial charge on any atom is 0.244 e. The molecular weight excluding hydrogens is 304 g/mol. The predicted octanol–water partition coefficient (Wildman–Crippen LogP) is 3.12. The number of aromatic amines is 1. The number of hydrogen-bond donors (Lipinski definition) is 2. The summed E-state index contributed by atoms with van der Waals surface area (Å²) in [5.41, 5.74) is 8.89. The highest BCUT2D eigenvalue weighted by Crippen LogP contribution is 2.45. The van der Waals surface area contributed by atoms with Crippen LogP contribution in [-0.2, 0) is 0 Å². The number of fused-ring (bicyclic) bond motifs is 1. The van der Waals surface area contributed by atoms with Crippen LogP contribution in [0.5, 0.6) is 11.6 Å². The third-order valence-electron chi connectivity index (χ3n) is 4.11. The summed E-state index contributed by atoms with van der Waals surface area (Å²) in [7, 11) is 0. The third kappa shape index (κ3) is 2.69. The van der Waals surface area contributed by atoms with Gasteiger partial charge in [0.1, 0.15) is 17.4 Å². The van der Waals surface area contributed by atoms with Crippen molar-refractivity contribution in [3.63, 3.8) is 0 Å². The van der Waals surface area contributed by atoms with E-state index in [2.05, 4.69) is 23.2 Å². The Morgan fingerprint density at radius 2 is 2.21 bits per heavy atom. The topological polar surface area (TPSA) is 96.9 Å². The van der Waals surface area contributed by atoms with Crippen LogP contribution >= 0.6 is 0 Å². The first kappa shape index (κ1) is 15.9. The molecule has 1 unspecified atom stereocenters. The quantitative estimate of drug-likeness (QED) is 0.824. The molecule has 0 fully saturated rings. The summed E-state index contributed by atoms with van der Waals surface area (Å²) in [6.07, 6.45) is 2.03. The Hall–Kier alpha value is -2.94. The van der Waals surface area contributed by atoms with Crippen LogP contribution in [-0.4, -0.2) is 16.8 Å². The van der Waals surface area contributed by atoms with E-state index in [1.165, 1.54) is 0 Å². The summed E-state index contributed by atoms with van der Waals surface area (Å²) < 4.78 is 11.4. The number of nitrogens with one attached hydrogen (secondary N) is 1. The van der Waals surface area contributed by atoms with Crippen LogP contribution in [0.25, 0.3) is 0 Å². The second-order valence-electron chi connectivity index (χ2n) is 5.73. The molecule has 1 atom stereocenters. The molecule has 2 heterocycles. The van der Waals surface area contributed by atoms with Crippen molar-refractivity contribution in [2.45, 2.75) is 32.6 Å². The Morgan fingerprint density at radius 3 is 2.96 bits per heavy atom. The van der Waals surface area contributed by atoms with Gasteiger partial charge in [-0.05, 0) is 19.4 Å². The largest absolute Gasteiger partial charge is 0.493 e. The third-order valence-corrected chi connectivity index (χ3v) is 4.11. The molecule has 0 spiro atoms. The predicted molar refractivity (Wildman–Crippen MR) is 89.5 cm³/mol. The fourth-order valence-electron chi connectivity index (χ4n) is 2.89. The summed E-state index contributed by atoms with van der Waals surface area (Å²) in [4.78, 5) is 0. The number of ether oxygens (including phenoxy) is 2. The van der Waals surface area contributed by atoms with E-state index in [9.17, 15) is 5.26 Å². The average molecular weight is 324 g/mol. The summed E-state index contributed by atoms with van der Waals surface area (Å²) in [6.45, 7) is 4.65. The normalized spacial score (nSPS) is 16.3. The molecule has 0 aliphatic carbocycles. The van der Waals surface area contributed by atoms with Gasteiger partial charge in [0.2, 0.25) is 11.8 Å². The highest BCUT2D eigenvalue weighted by Gasteiger charge is 2.35. The summed E-state index contributed by atoms with van der Waals surface area (Å²) in [5, 5.41) is 16.7. The Kier molecular flexibility index (Phi) is 4.43. The van der Waals surface area contributed by atoms with Crippen LogP contribution in [0.3, 0.4) is 0 Å². The van der Waals surface area contributed by atoms with Crippen molar-refractivity contribution >= 4 is 0 Å². The number of H-pyrrole nitrogens is 1. The van der Waals surface area contributed by atoms with E-state index in [1.54, 1.807) is 0 Å². The van der Waals surface area contributed by atoms with Crippen LogP contribution < -0.4 is 15.2 Å². The lowest BCUT2D eigenvalue weighted by Crippen LogP contribution is -2.21. The standard InChI is InChI=1S/C18H20N4O2/c1-3-4-9-23-14-8-6-5-7-12(14)16-13(10-19)17(20)24-18-15(16)11(2)21-22-18/h5-8,16H,3-4,9,20H2,1-2H3,(H,21,22). The monoisotopic (exact) mass is 324 g/mol. The Balaban J connectivity index is 2.10. The second kappa shape index (κ2) is 6.67. The molecule has 0 bridgehead atoms. The van der Waals surface area contributed by atoms with Gasteiger partial charge in [-0.3, -0.25) is 5.10 Å². The van der Waals surface area contributed by atoms with Gasteiger partial charge in [0, 0.05) is 16.8 Å². The number of aromatic nitrogens is 2. The van der Waals surface area contributed by atoms with Crippen LogP contribution in [0.2, 0.25) is 0 Å². The van der Waals surface area contributed by atoms with E-state index < -0.39 is 0 Å². The van der Waals surface area contributed by atoms with Crippen LogP contribution in [0.4, 0.5) is 0 Å². The number of nitrogens with two attached hydrogens (primary N) is 1. The molecule has 1 aromatic heterocycles. The second-order valence-corrected chi connectivity index (χ2v) is 5.73. The molecule has 1 aromatic carbocycles. The van der Waals surface area contributed by atoms with Gasteiger partial charge >= 0.3 is 0 Å². The highest BCUT2D eigenvalue weighted by molar-refractivity contribution is 5.57. The maximum absolute atomic E-state index is 9.61. The van der Waals surface area contributed by atoms with E-state index in [0.29, 0.717) is 18.1 Å². The van der Waals surface area contributed by atoms with Crippen LogP contribution in [0.15, 0.2) is 35.7 Å². The highest BCUT2D eigenvalue weighted by atomic mass is 16.5. The van der Waals surface area contributed by atoms with Gasteiger partial charge in [0.15, 0.2) is 0 Å². The molecular formula is C18H20N4O2. The lowest BCUT2D eigenvalue weighted by atomic mass is 9.83. The minimum absolute atomic E-state index is 0.0878. The van der Waals surface area contributed by atoms with E-state index >= 15 is 0 Å². The summed E-state index contributed by atoms with van der Waals surface area (Å²) in [6, 6.07) is 9.91. The van der Waals surface area contributed by atoms with Gasteiger partial charge in [-0.25, -0.2) is 0 Å². The van der Waals surface area contributed by atoms with Crippen LogP contribution in [0, 0.1) is 18.3 Å². The van der Waals surface area contributed by atoms with Crippen molar-refractivity contribution in [3.8, 4) is 17.7 Å². The Bertz CT molecular complexity index is 817. The molecule has 2 aromatic rings. The number of hydrogen-bond acceptors (Lipinski definition) is 5. The fraction of sp³-hybridized carbons (Fsp3) is 0.333. The lowest BCUT2D eigenvalue weighted by molar-refractivity contribution is 0.305. The Morgan fingerprint density at radius 1 is 1.42 bits per heavy atom. The zero-order chi connectivity index (χ0) is 17.1. The maximum atomic E-state index is 9.61. The number of unbranched alkanes of at least 4 members (excludes halogenated alkanes) is 1. The van der Waals surface area contributed by atoms with E-state index in [1.807, 2.05) is 31.2 Å². The number of nitriles is 1. The molecule has 6 heteroatoms. The zero-order valence-corrected chi connectivity index (χ0v) is 13.8. The molecule has 1 aliphatic rings. The van der Waals surface area contributed by atoms with Gasteiger partial charge in [0.05, 0.1) is 12.5 Å². The molecule has 124 valence electrons. The lowest BCUT2D eigenvalue weighted by Gasteiger charge is -2.25. The van der Waals surface area contributed by atoms with E-state index in [4.69, 9.17) is 15.2 Å². The van der Waals surface area contributed by atoms with Gasteiger partial charge < -0.3 is 15.2 Å². The number of allylic oxidation sites excluding steroid dienone is 1. The molecule has 1 aliphatic heterocycles. The molecule has 3 rings (SSSR count). The first-order valence-corrected chi connectivity index (χ1v) is 8.01. The molecule has 0 saturated carbocycles. The number of nitrogens with zero attached hydrogens (tertiary/aromatic N) is 2. The van der Waals surface area contributed by atoms with Crippen molar-refractivity contribution < 1.29 is 9.47 Å². The van der Waals surface area contributed by atoms with Gasteiger partial charge in [0.25, 0.3) is 0 Å². The van der Waals surface area contributed by atoms with Gasteiger partial charge in [-0.1, -0.05) is 31.5 Å². The SMILES string of the molecule is CCCCOc1ccccc1C1C(C#N)=C(N)Oc2n[nH]c(C)c21. The smallest absolute Gasteiger partial charge is 0.244 e. The molecule has 0 saturated heterocycles. The summed E-state index contributed by atoms with van der Waals surface area (Å²) >= 11 is 0. The van der Waals surface area contributed by atoms with Crippen molar-refractivity contribution in [1.82, 2.24) is 10.2 Å². The molecule has 24 heavy (non-hydrogen) atoms. The van der Waals surface area contributed by atoms with Gasteiger partial charge in [-0.2, -0.15) is 5.26 Å². The minimum atomic E-state index is -0.352. The number of benzene rings is 1. The van der Waals surface area contributed by atoms with Crippen LogP contribution in [0.1, 0.15) is 42.5 Å². The zero-order valence-electron chi connectivity index (χ0n) is 13.8. The van der Waals surface area contributed by atoms with E-state index in [0.717, 1.165) is 35.4 Å². The van der Waals surface area contributed by atoms with E-state index in [-0.39, 0.29) is 11.8 Å². The van der Waals surface area contributed by atoms with Crippen molar-refractivity contribution in [1.29, 1.82) is 5.26 Å². The van der Waals surface area contributed by atoms with Crippen molar-refractivity contribution in [3.05, 3.63) is 52.5 Å². The fourth-order valence-corrected chi connectivity index (χ4v) is 2.89.